The van der Waals surface area contributed by atoms with Crippen molar-refractivity contribution in [2.75, 3.05) is 6.54 Å². The Morgan fingerprint density at radius 2 is 1.82 bits per heavy atom. The Balaban J connectivity index is 1.56. The fourth-order valence-corrected chi connectivity index (χ4v) is 4.72. The SMILES string of the molecule is CC1c2cccn2CCN1C(=O)c1nn(-c2ccccc2)c2c1CCCCC2. The van der Waals surface area contributed by atoms with Crippen LogP contribution in [0.1, 0.15) is 59.7 Å². The summed E-state index contributed by atoms with van der Waals surface area (Å²) in [6.07, 6.45) is 7.54. The molecular weight excluding hydrogens is 348 g/mol. The number of carbonyl (C=O) groups excluding carboxylic acids is 1. The molecule has 0 spiro atoms. The quantitative estimate of drug-likeness (QED) is 0.632. The van der Waals surface area contributed by atoms with Crippen molar-refractivity contribution >= 4 is 5.91 Å². The van der Waals surface area contributed by atoms with E-state index >= 15 is 0 Å². The van der Waals surface area contributed by atoms with Crippen molar-refractivity contribution in [2.24, 2.45) is 0 Å². The number of rotatable bonds is 2. The monoisotopic (exact) mass is 374 g/mol. The molecule has 1 aliphatic heterocycles. The molecule has 1 amide bonds. The van der Waals surface area contributed by atoms with E-state index in [1.807, 2.05) is 27.8 Å². The molecule has 0 fully saturated rings. The number of hydrogen-bond acceptors (Lipinski definition) is 2. The van der Waals surface area contributed by atoms with Crippen LogP contribution >= 0.6 is 0 Å². The largest absolute Gasteiger partial charge is 0.348 e. The summed E-state index contributed by atoms with van der Waals surface area (Å²) in [4.78, 5) is 15.6. The van der Waals surface area contributed by atoms with Gasteiger partial charge in [0.1, 0.15) is 0 Å². The third-order valence-electron chi connectivity index (χ3n) is 6.24. The van der Waals surface area contributed by atoms with Crippen LogP contribution in [0.25, 0.3) is 5.69 Å². The molecule has 1 unspecified atom stereocenters. The number of nitrogens with zero attached hydrogens (tertiary/aromatic N) is 4. The van der Waals surface area contributed by atoms with Crippen molar-refractivity contribution in [1.29, 1.82) is 0 Å². The van der Waals surface area contributed by atoms with Gasteiger partial charge in [0.2, 0.25) is 0 Å². The smallest absolute Gasteiger partial charge is 0.275 e. The lowest BCUT2D eigenvalue weighted by Gasteiger charge is -2.34. The minimum Gasteiger partial charge on any atom is -0.348 e. The van der Waals surface area contributed by atoms with E-state index in [-0.39, 0.29) is 11.9 Å². The van der Waals surface area contributed by atoms with Crippen LogP contribution in [0.4, 0.5) is 0 Å². The van der Waals surface area contributed by atoms with Crippen LogP contribution in [0.3, 0.4) is 0 Å². The van der Waals surface area contributed by atoms with Crippen molar-refractivity contribution in [2.45, 2.75) is 51.6 Å². The maximum atomic E-state index is 13.6. The summed E-state index contributed by atoms with van der Waals surface area (Å²) < 4.78 is 4.27. The third kappa shape index (κ3) is 2.77. The van der Waals surface area contributed by atoms with Crippen molar-refractivity contribution in [3.8, 4) is 5.69 Å². The van der Waals surface area contributed by atoms with Gasteiger partial charge in [0.05, 0.1) is 11.7 Å². The predicted octanol–water partition coefficient (Wildman–Crippen LogP) is 4.16. The number of fused-ring (bicyclic) bond motifs is 2. The first-order chi connectivity index (χ1) is 13.7. The molecule has 0 radical (unpaired) electrons. The van der Waals surface area contributed by atoms with Gasteiger partial charge in [-0.05, 0) is 56.9 Å². The van der Waals surface area contributed by atoms with Crippen LogP contribution in [0.5, 0.6) is 0 Å². The number of aromatic nitrogens is 3. The standard InChI is InChI=1S/C23H26N4O/c1-17-20-13-8-14-25(20)15-16-26(17)23(28)22-19-11-6-3-7-12-21(19)27(24-22)18-9-4-2-5-10-18/h2,4-5,8-10,13-14,17H,3,6-7,11-12,15-16H2,1H3. The van der Waals surface area contributed by atoms with Gasteiger partial charge in [0.15, 0.2) is 5.69 Å². The molecule has 5 nitrogen and oxygen atoms in total. The highest BCUT2D eigenvalue weighted by Crippen LogP contribution is 2.31. The maximum Gasteiger partial charge on any atom is 0.275 e. The number of hydrogen-bond donors (Lipinski definition) is 0. The highest BCUT2D eigenvalue weighted by atomic mass is 16.2. The molecule has 1 aromatic carbocycles. The first-order valence-corrected chi connectivity index (χ1v) is 10.4. The van der Waals surface area contributed by atoms with E-state index in [1.54, 1.807) is 0 Å². The van der Waals surface area contributed by atoms with Crippen LogP contribution in [-0.4, -0.2) is 31.7 Å². The van der Waals surface area contributed by atoms with Crippen LogP contribution in [0.15, 0.2) is 48.7 Å². The Morgan fingerprint density at radius 3 is 2.68 bits per heavy atom. The van der Waals surface area contributed by atoms with Crippen LogP contribution in [0, 0.1) is 0 Å². The van der Waals surface area contributed by atoms with E-state index in [0.29, 0.717) is 5.69 Å². The van der Waals surface area contributed by atoms with Gasteiger partial charge in [-0.15, -0.1) is 0 Å². The van der Waals surface area contributed by atoms with E-state index in [1.165, 1.54) is 23.4 Å². The highest BCUT2D eigenvalue weighted by Gasteiger charge is 2.33. The molecule has 5 rings (SSSR count). The van der Waals surface area contributed by atoms with Crippen LogP contribution in [0.2, 0.25) is 0 Å². The zero-order chi connectivity index (χ0) is 19.1. The molecule has 28 heavy (non-hydrogen) atoms. The minimum absolute atomic E-state index is 0.0690. The average Bonchev–Trinajstić information content (AvgIpc) is 3.27. The van der Waals surface area contributed by atoms with E-state index in [4.69, 9.17) is 5.10 Å². The van der Waals surface area contributed by atoms with Crippen molar-refractivity contribution in [3.63, 3.8) is 0 Å². The molecule has 0 N–H and O–H groups in total. The van der Waals surface area contributed by atoms with Crippen LogP contribution < -0.4 is 0 Å². The fraction of sp³-hybridized carbons (Fsp3) is 0.391. The molecule has 3 aromatic rings. The summed E-state index contributed by atoms with van der Waals surface area (Å²) in [6.45, 7) is 3.70. The lowest BCUT2D eigenvalue weighted by atomic mass is 10.1. The lowest BCUT2D eigenvalue weighted by molar-refractivity contribution is 0.0636. The molecular formula is C23H26N4O. The first kappa shape index (κ1) is 17.3. The van der Waals surface area contributed by atoms with Gasteiger partial charge in [-0.25, -0.2) is 4.68 Å². The molecule has 0 saturated carbocycles. The van der Waals surface area contributed by atoms with Gasteiger partial charge in [0.25, 0.3) is 5.91 Å². The highest BCUT2D eigenvalue weighted by molar-refractivity contribution is 5.94. The molecule has 1 atom stereocenters. The Morgan fingerprint density at radius 1 is 1.00 bits per heavy atom. The summed E-state index contributed by atoms with van der Waals surface area (Å²) in [5.74, 6) is 0.0766. The van der Waals surface area contributed by atoms with Gasteiger partial charge in [-0.2, -0.15) is 5.10 Å². The second-order valence-corrected chi connectivity index (χ2v) is 7.88. The fourth-order valence-electron chi connectivity index (χ4n) is 4.72. The minimum atomic E-state index is 0.0690. The molecule has 3 heterocycles. The molecule has 2 aliphatic rings. The first-order valence-electron chi connectivity index (χ1n) is 10.4. The number of amides is 1. The van der Waals surface area contributed by atoms with Gasteiger partial charge < -0.3 is 9.47 Å². The van der Waals surface area contributed by atoms with E-state index in [0.717, 1.165) is 44.5 Å². The topological polar surface area (TPSA) is 43.1 Å². The van der Waals surface area contributed by atoms with Crippen molar-refractivity contribution in [3.05, 3.63) is 71.3 Å². The zero-order valence-corrected chi connectivity index (χ0v) is 16.3. The Bertz CT molecular complexity index is 1000. The molecule has 1 aliphatic carbocycles. The van der Waals surface area contributed by atoms with E-state index < -0.39 is 0 Å². The maximum absolute atomic E-state index is 13.6. The molecule has 0 saturated heterocycles. The molecule has 0 bridgehead atoms. The molecule has 2 aromatic heterocycles. The third-order valence-corrected chi connectivity index (χ3v) is 6.24. The zero-order valence-electron chi connectivity index (χ0n) is 16.3. The summed E-state index contributed by atoms with van der Waals surface area (Å²) >= 11 is 0. The second-order valence-electron chi connectivity index (χ2n) is 7.88. The average molecular weight is 374 g/mol. The number of benzene rings is 1. The van der Waals surface area contributed by atoms with Gasteiger partial charge in [-0.3, -0.25) is 4.79 Å². The van der Waals surface area contributed by atoms with E-state index in [9.17, 15) is 4.79 Å². The molecule has 144 valence electrons. The number of carbonyl (C=O) groups is 1. The second kappa shape index (κ2) is 6.97. The summed E-state index contributed by atoms with van der Waals surface area (Å²) in [5.41, 5.74) is 5.29. The summed E-state index contributed by atoms with van der Waals surface area (Å²) in [6, 6.07) is 14.5. The summed E-state index contributed by atoms with van der Waals surface area (Å²) in [5, 5.41) is 4.88. The van der Waals surface area contributed by atoms with Gasteiger partial charge in [-0.1, -0.05) is 24.6 Å². The predicted molar refractivity (Wildman–Crippen MR) is 109 cm³/mol. The Labute approximate surface area is 165 Å². The van der Waals surface area contributed by atoms with Crippen LogP contribution in [-0.2, 0) is 19.4 Å². The number of para-hydroxylation sites is 1. The molecule has 5 heteroatoms. The van der Waals surface area contributed by atoms with Crippen molar-refractivity contribution < 1.29 is 4.79 Å². The summed E-state index contributed by atoms with van der Waals surface area (Å²) in [7, 11) is 0. The normalized spacial score (nSPS) is 19.0. The Hall–Kier alpha value is -2.82. The van der Waals surface area contributed by atoms with E-state index in [2.05, 4.69) is 42.0 Å². The van der Waals surface area contributed by atoms with Gasteiger partial charge >= 0.3 is 0 Å². The van der Waals surface area contributed by atoms with Gasteiger partial charge in [0, 0.05) is 36.2 Å². The Kier molecular flexibility index (Phi) is 4.30. The lowest BCUT2D eigenvalue weighted by Crippen LogP contribution is -2.41. The van der Waals surface area contributed by atoms with Crippen molar-refractivity contribution in [1.82, 2.24) is 19.2 Å².